The van der Waals surface area contributed by atoms with Crippen molar-refractivity contribution in [2.24, 2.45) is 0 Å². The van der Waals surface area contributed by atoms with E-state index in [1.807, 2.05) is 17.0 Å². The SMILES string of the molecule is CSc1cn(COCC[Si](C)(C)C)c(C(c2ccc(F)c(Cl)c2)c2ccc(F)c(Cl)c2)n1. The minimum absolute atomic E-state index is 0.00953. The molecule has 2 aromatic carbocycles. The van der Waals surface area contributed by atoms with Crippen molar-refractivity contribution in [3.63, 3.8) is 0 Å². The molecule has 0 amide bonds. The average Bonchev–Trinajstić information content (AvgIpc) is 3.13. The van der Waals surface area contributed by atoms with Gasteiger partial charge in [0.2, 0.25) is 0 Å². The molecule has 1 aromatic heterocycles. The Labute approximate surface area is 203 Å². The van der Waals surface area contributed by atoms with Crippen LogP contribution in [0.25, 0.3) is 0 Å². The van der Waals surface area contributed by atoms with Gasteiger partial charge in [0.05, 0.1) is 16.0 Å². The van der Waals surface area contributed by atoms with Gasteiger partial charge in [0.1, 0.15) is 29.2 Å². The second-order valence-corrected chi connectivity index (χ2v) is 16.0. The number of imidazole rings is 1. The van der Waals surface area contributed by atoms with Gasteiger partial charge in [-0.1, -0.05) is 55.0 Å². The number of halogens is 4. The lowest BCUT2D eigenvalue weighted by molar-refractivity contribution is 0.0848. The van der Waals surface area contributed by atoms with Gasteiger partial charge >= 0.3 is 0 Å². The van der Waals surface area contributed by atoms with Crippen LogP contribution in [0.3, 0.4) is 0 Å². The third-order valence-electron chi connectivity index (χ3n) is 5.03. The van der Waals surface area contributed by atoms with Crippen LogP contribution >= 0.6 is 35.0 Å². The van der Waals surface area contributed by atoms with Crippen molar-refractivity contribution in [2.45, 2.75) is 43.4 Å². The van der Waals surface area contributed by atoms with Crippen molar-refractivity contribution in [1.29, 1.82) is 0 Å². The number of hydrogen-bond acceptors (Lipinski definition) is 3. The molecule has 1 heterocycles. The first-order valence-electron chi connectivity index (χ1n) is 10.2. The summed E-state index contributed by atoms with van der Waals surface area (Å²) >= 11 is 13.7. The molecule has 0 N–H and O–H groups in total. The first-order chi connectivity index (χ1) is 15.1. The van der Waals surface area contributed by atoms with E-state index in [0.29, 0.717) is 19.2 Å². The molecule has 0 aliphatic rings. The summed E-state index contributed by atoms with van der Waals surface area (Å²) in [4.78, 5) is 4.79. The van der Waals surface area contributed by atoms with Gasteiger partial charge in [0, 0.05) is 20.9 Å². The lowest BCUT2D eigenvalue weighted by atomic mass is 9.90. The molecule has 0 bridgehead atoms. The van der Waals surface area contributed by atoms with E-state index in [2.05, 4.69) is 19.6 Å². The Balaban J connectivity index is 2.04. The summed E-state index contributed by atoms with van der Waals surface area (Å²) in [6, 6.07) is 10.2. The number of nitrogens with zero attached hydrogens (tertiary/aromatic N) is 2. The van der Waals surface area contributed by atoms with E-state index >= 15 is 0 Å². The summed E-state index contributed by atoms with van der Waals surface area (Å²) in [7, 11) is -1.22. The standard InChI is InChI=1S/C23H26Cl2F2N2OSSi/c1-31-21-13-29(14-30-9-10-32(2,3)4)23(28-21)22(15-5-7-19(26)17(24)11-15)16-6-8-20(27)18(25)12-16/h5-8,11-13,22H,9-10,14H2,1-4H3. The third-order valence-corrected chi connectivity index (χ3v) is 7.93. The van der Waals surface area contributed by atoms with Gasteiger partial charge < -0.3 is 9.30 Å². The van der Waals surface area contributed by atoms with Crippen molar-refractivity contribution in [3.8, 4) is 0 Å². The van der Waals surface area contributed by atoms with Gasteiger partial charge in [0.25, 0.3) is 0 Å². The van der Waals surface area contributed by atoms with Gasteiger partial charge in [-0.3, -0.25) is 0 Å². The second-order valence-electron chi connectivity index (χ2n) is 8.74. The molecule has 32 heavy (non-hydrogen) atoms. The molecule has 0 saturated carbocycles. The largest absolute Gasteiger partial charge is 0.361 e. The molecule has 0 unspecified atom stereocenters. The van der Waals surface area contributed by atoms with Gasteiger partial charge in [-0.25, -0.2) is 13.8 Å². The van der Waals surface area contributed by atoms with Gasteiger partial charge in [-0.15, -0.1) is 11.8 Å². The van der Waals surface area contributed by atoms with E-state index in [-0.39, 0.29) is 10.0 Å². The number of aromatic nitrogens is 2. The zero-order valence-corrected chi connectivity index (χ0v) is 21.8. The molecule has 0 saturated heterocycles. The van der Waals surface area contributed by atoms with Crippen LogP contribution in [0, 0.1) is 11.6 Å². The first-order valence-corrected chi connectivity index (χ1v) is 15.9. The predicted molar refractivity (Wildman–Crippen MR) is 132 cm³/mol. The zero-order chi connectivity index (χ0) is 23.5. The maximum atomic E-state index is 13.9. The lowest BCUT2D eigenvalue weighted by Crippen LogP contribution is -2.22. The molecule has 3 rings (SSSR count). The van der Waals surface area contributed by atoms with Crippen LogP contribution in [0.4, 0.5) is 8.78 Å². The van der Waals surface area contributed by atoms with Crippen LogP contribution in [-0.4, -0.2) is 30.5 Å². The normalized spacial score (nSPS) is 12.0. The maximum Gasteiger partial charge on any atom is 0.141 e. The highest BCUT2D eigenvalue weighted by molar-refractivity contribution is 7.98. The van der Waals surface area contributed by atoms with E-state index < -0.39 is 25.6 Å². The fourth-order valence-electron chi connectivity index (χ4n) is 3.25. The van der Waals surface area contributed by atoms with Gasteiger partial charge in [0.15, 0.2) is 0 Å². The smallest absolute Gasteiger partial charge is 0.141 e. The molecule has 3 nitrogen and oxygen atoms in total. The summed E-state index contributed by atoms with van der Waals surface area (Å²) in [5.41, 5.74) is 1.45. The molecular formula is C23H26Cl2F2N2OSSi. The minimum Gasteiger partial charge on any atom is -0.361 e. The molecule has 3 aromatic rings. The quantitative estimate of drug-likeness (QED) is 0.166. The molecule has 172 valence electrons. The molecule has 0 fully saturated rings. The highest BCUT2D eigenvalue weighted by Crippen LogP contribution is 2.36. The zero-order valence-electron chi connectivity index (χ0n) is 18.5. The van der Waals surface area contributed by atoms with E-state index in [1.54, 1.807) is 24.3 Å². The van der Waals surface area contributed by atoms with Crippen LogP contribution in [-0.2, 0) is 11.5 Å². The van der Waals surface area contributed by atoms with Crippen molar-refractivity contribution in [3.05, 3.63) is 81.2 Å². The summed E-state index contributed by atoms with van der Waals surface area (Å²) in [5, 5.41) is 0.839. The Bertz CT molecular complexity index is 1040. The van der Waals surface area contributed by atoms with Crippen molar-refractivity contribution < 1.29 is 13.5 Å². The van der Waals surface area contributed by atoms with Crippen LogP contribution in [0.1, 0.15) is 22.9 Å². The predicted octanol–water partition coefficient (Wildman–Crippen LogP) is 7.68. The van der Waals surface area contributed by atoms with Crippen LogP contribution in [0.15, 0.2) is 47.6 Å². The molecule has 0 spiro atoms. The van der Waals surface area contributed by atoms with Gasteiger partial charge in [-0.05, 0) is 47.7 Å². The second kappa shape index (κ2) is 10.7. The third kappa shape index (κ3) is 6.35. The van der Waals surface area contributed by atoms with E-state index in [0.717, 1.165) is 22.2 Å². The van der Waals surface area contributed by atoms with Crippen LogP contribution in [0.5, 0.6) is 0 Å². The molecule has 0 aliphatic heterocycles. The Hall–Kier alpha value is -1.38. The molecule has 0 aliphatic carbocycles. The van der Waals surface area contributed by atoms with Crippen LogP contribution < -0.4 is 0 Å². The fraction of sp³-hybridized carbons (Fsp3) is 0.348. The summed E-state index contributed by atoms with van der Waals surface area (Å²) in [5.74, 6) is -0.761. The number of rotatable bonds is 9. The fourth-order valence-corrected chi connectivity index (χ4v) is 4.81. The van der Waals surface area contributed by atoms with Crippen molar-refractivity contribution in [1.82, 2.24) is 9.55 Å². The number of ether oxygens (including phenoxy) is 1. The minimum atomic E-state index is -1.22. The summed E-state index contributed by atoms with van der Waals surface area (Å²) in [6.45, 7) is 7.90. The van der Waals surface area contributed by atoms with E-state index in [1.165, 1.54) is 23.9 Å². The molecule has 0 atom stereocenters. The number of thioether (sulfide) groups is 1. The van der Waals surface area contributed by atoms with Crippen LogP contribution in [0.2, 0.25) is 35.7 Å². The highest BCUT2D eigenvalue weighted by atomic mass is 35.5. The van der Waals surface area contributed by atoms with Gasteiger partial charge in [-0.2, -0.15) is 0 Å². The Morgan fingerprint density at radius 3 is 2.06 bits per heavy atom. The molecular weight excluding hydrogens is 489 g/mol. The Kier molecular flexibility index (Phi) is 8.44. The highest BCUT2D eigenvalue weighted by Gasteiger charge is 2.25. The number of benzene rings is 2. The van der Waals surface area contributed by atoms with Crippen molar-refractivity contribution >= 4 is 43.0 Å². The topological polar surface area (TPSA) is 27.1 Å². The summed E-state index contributed by atoms with van der Waals surface area (Å²) < 4.78 is 35.7. The Morgan fingerprint density at radius 1 is 1.03 bits per heavy atom. The van der Waals surface area contributed by atoms with E-state index in [4.69, 9.17) is 32.9 Å². The molecule has 9 heteroatoms. The lowest BCUT2D eigenvalue weighted by Gasteiger charge is -2.21. The monoisotopic (exact) mass is 514 g/mol. The first kappa shape index (κ1) is 25.2. The maximum absolute atomic E-state index is 13.9. The van der Waals surface area contributed by atoms with Crippen molar-refractivity contribution in [2.75, 3.05) is 12.9 Å². The summed E-state index contributed by atoms with van der Waals surface area (Å²) in [6.07, 6.45) is 3.87. The Morgan fingerprint density at radius 2 is 1.59 bits per heavy atom. The average molecular weight is 516 g/mol. The number of hydrogen-bond donors (Lipinski definition) is 0. The molecule has 0 radical (unpaired) electrons. The van der Waals surface area contributed by atoms with E-state index in [9.17, 15) is 8.78 Å².